The van der Waals surface area contributed by atoms with E-state index >= 15 is 0 Å². The molecule has 0 N–H and O–H groups in total. The van der Waals surface area contributed by atoms with E-state index in [0.29, 0.717) is 6.54 Å². The average Bonchev–Trinajstić information content (AvgIpc) is 3.17. The summed E-state index contributed by atoms with van der Waals surface area (Å²) in [7, 11) is 2.90. The van der Waals surface area contributed by atoms with Crippen molar-refractivity contribution in [3.63, 3.8) is 0 Å². The third-order valence-electron chi connectivity index (χ3n) is 4.00. The van der Waals surface area contributed by atoms with Crippen molar-refractivity contribution in [2.24, 2.45) is 14.1 Å². The van der Waals surface area contributed by atoms with Crippen LogP contribution in [0.5, 0.6) is 0 Å². The number of hydrogen-bond acceptors (Lipinski definition) is 5. The summed E-state index contributed by atoms with van der Waals surface area (Å²) >= 11 is 1.51. The minimum Gasteiger partial charge on any atom is -0.328 e. The molecule has 2 aromatic heterocycles. The Kier molecular flexibility index (Phi) is 3.69. The van der Waals surface area contributed by atoms with Crippen LogP contribution in [0.25, 0.3) is 0 Å². The fourth-order valence-corrected chi connectivity index (χ4v) is 3.54. The van der Waals surface area contributed by atoms with Gasteiger partial charge >= 0.3 is 5.69 Å². The number of amides is 1. The normalized spacial score (nSPS) is 17.9. The highest BCUT2D eigenvalue weighted by atomic mass is 32.1. The van der Waals surface area contributed by atoms with Crippen LogP contribution in [0, 0.1) is 0 Å². The summed E-state index contributed by atoms with van der Waals surface area (Å²) in [6.45, 7) is 0.604. The number of rotatable bonds is 2. The molecular formula is C14H16N4O3S. The van der Waals surface area contributed by atoms with Crippen LogP contribution in [-0.4, -0.2) is 31.5 Å². The summed E-state index contributed by atoms with van der Waals surface area (Å²) in [4.78, 5) is 42.6. The van der Waals surface area contributed by atoms with Gasteiger partial charge in [0.2, 0.25) is 0 Å². The molecule has 1 aliphatic rings. The van der Waals surface area contributed by atoms with Crippen LogP contribution in [0.4, 0.5) is 0 Å². The van der Waals surface area contributed by atoms with Gasteiger partial charge in [-0.25, -0.2) is 9.78 Å². The second kappa shape index (κ2) is 5.53. The maximum atomic E-state index is 12.8. The van der Waals surface area contributed by atoms with Crippen molar-refractivity contribution in [2.45, 2.75) is 18.9 Å². The molecule has 22 heavy (non-hydrogen) atoms. The lowest BCUT2D eigenvalue weighted by Crippen LogP contribution is -2.42. The third kappa shape index (κ3) is 2.29. The van der Waals surface area contributed by atoms with Gasteiger partial charge in [0.15, 0.2) is 0 Å². The van der Waals surface area contributed by atoms with E-state index in [9.17, 15) is 14.4 Å². The van der Waals surface area contributed by atoms with E-state index in [2.05, 4.69) is 4.98 Å². The number of carbonyl (C=O) groups is 1. The number of aromatic nitrogens is 3. The third-order valence-corrected chi connectivity index (χ3v) is 4.87. The molecule has 8 heteroatoms. The van der Waals surface area contributed by atoms with Crippen LogP contribution in [0.15, 0.2) is 27.2 Å². The fourth-order valence-electron chi connectivity index (χ4n) is 2.75. The Bertz CT molecular complexity index is 822. The van der Waals surface area contributed by atoms with Crippen LogP contribution < -0.4 is 11.2 Å². The smallest absolute Gasteiger partial charge is 0.328 e. The maximum absolute atomic E-state index is 12.8. The van der Waals surface area contributed by atoms with Gasteiger partial charge in [0, 0.05) is 38.3 Å². The molecule has 1 atom stereocenters. The molecule has 2 aromatic rings. The molecule has 0 spiro atoms. The Balaban J connectivity index is 2.01. The van der Waals surface area contributed by atoms with E-state index < -0.39 is 11.2 Å². The number of likely N-dealkylation sites (tertiary alicyclic amines) is 1. The largest absolute Gasteiger partial charge is 0.331 e. The van der Waals surface area contributed by atoms with Gasteiger partial charge in [-0.15, -0.1) is 11.3 Å². The molecule has 0 bridgehead atoms. The monoisotopic (exact) mass is 320 g/mol. The molecule has 3 heterocycles. The van der Waals surface area contributed by atoms with Gasteiger partial charge in [-0.1, -0.05) is 0 Å². The lowest BCUT2D eigenvalue weighted by Gasteiger charge is -2.24. The standard InChI is InChI=1S/C14H16N4O3S/c1-16-10(8-11(19)17(2)14(16)21)13(20)18-6-3-4-9(18)12-15-5-7-22-12/h5,7-9H,3-4,6H2,1-2H3. The fraction of sp³-hybridized carbons (Fsp3) is 0.429. The van der Waals surface area contributed by atoms with Crippen molar-refractivity contribution in [3.8, 4) is 0 Å². The van der Waals surface area contributed by atoms with Gasteiger partial charge < -0.3 is 4.90 Å². The van der Waals surface area contributed by atoms with Crippen molar-refractivity contribution in [1.82, 2.24) is 19.0 Å². The first-order chi connectivity index (χ1) is 10.5. The molecule has 0 aliphatic carbocycles. The molecule has 3 rings (SSSR count). The molecule has 1 unspecified atom stereocenters. The highest BCUT2D eigenvalue weighted by Crippen LogP contribution is 2.33. The minimum atomic E-state index is -0.499. The maximum Gasteiger partial charge on any atom is 0.331 e. The summed E-state index contributed by atoms with van der Waals surface area (Å²) in [5, 5.41) is 2.77. The Hall–Kier alpha value is -2.22. The second-order valence-corrected chi connectivity index (χ2v) is 6.22. The summed E-state index contributed by atoms with van der Waals surface area (Å²) in [6.07, 6.45) is 3.45. The molecule has 1 saturated heterocycles. The Morgan fingerprint density at radius 1 is 1.32 bits per heavy atom. The Labute approximate surface area is 130 Å². The molecular weight excluding hydrogens is 304 g/mol. The molecule has 1 fully saturated rings. The summed E-state index contributed by atoms with van der Waals surface area (Å²) in [5.74, 6) is -0.296. The highest BCUT2D eigenvalue weighted by Gasteiger charge is 2.33. The van der Waals surface area contributed by atoms with E-state index in [4.69, 9.17) is 0 Å². The molecule has 1 aliphatic heterocycles. The number of thiazole rings is 1. The number of carbonyl (C=O) groups excluding carboxylic acids is 1. The second-order valence-electron chi connectivity index (χ2n) is 5.30. The molecule has 0 saturated carbocycles. The van der Waals surface area contributed by atoms with Crippen molar-refractivity contribution in [1.29, 1.82) is 0 Å². The first-order valence-electron chi connectivity index (χ1n) is 6.98. The van der Waals surface area contributed by atoms with E-state index in [1.54, 1.807) is 11.1 Å². The number of hydrogen-bond donors (Lipinski definition) is 0. The van der Waals surface area contributed by atoms with E-state index in [1.807, 2.05) is 5.38 Å². The van der Waals surface area contributed by atoms with Crippen LogP contribution in [0.3, 0.4) is 0 Å². The molecule has 116 valence electrons. The molecule has 0 aromatic carbocycles. The SMILES string of the molecule is Cn1c(C(=O)N2CCCC2c2nccs2)cc(=O)n(C)c1=O. The summed E-state index contributed by atoms with van der Waals surface area (Å²) < 4.78 is 2.21. The predicted octanol–water partition coefficient (Wildman–Crippen LogP) is 0.518. The van der Waals surface area contributed by atoms with Gasteiger partial charge in [-0.05, 0) is 12.8 Å². The van der Waals surface area contributed by atoms with Crippen molar-refractivity contribution < 1.29 is 4.79 Å². The van der Waals surface area contributed by atoms with E-state index in [0.717, 1.165) is 22.4 Å². The van der Waals surface area contributed by atoms with Gasteiger partial charge in [0.25, 0.3) is 11.5 Å². The average molecular weight is 320 g/mol. The van der Waals surface area contributed by atoms with Crippen molar-refractivity contribution in [2.75, 3.05) is 6.54 Å². The van der Waals surface area contributed by atoms with E-state index in [-0.39, 0.29) is 17.6 Å². The summed E-state index contributed by atoms with van der Waals surface area (Å²) in [5.41, 5.74) is -0.853. The first-order valence-corrected chi connectivity index (χ1v) is 7.86. The summed E-state index contributed by atoms with van der Waals surface area (Å²) in [6, 6.07) is 1.15. The predicted molar refractivity (Wildman–Crippen MR) is 82.0 cm³/mol. The van der Waals surface area contributed by atoms with Crippen LogP contribution >= 0.6 is 11.3 Å². The van der Waals surface area contributed by atoms with E-state index in [1.165, 1.54) is 36.1 Å². The number of nitrogens with zero attached hydrogens (tertiary/aromatic N) is 4. The Morgan fingerprint density at radius 2 is 2.09 bits per heavy atom. The zero-order chi connectivity index (χ0) is 15.9. The lowest BCUT2D eigenvalue weighted by atomic mass is 10.2. The van der Waals surface area contributed by atoms with Crippen molar-refractivity contribution >= 4 is 17.2 Å². The van der Waals surface area contributed by atoms with Crippen LogP contribution in [0.1, 0.15) is 34.4 Å². The topological polar surface area (TPSA) is 77.2 Å². The highest BCUT2D eigenvalue weighted by molar-refractivity contribution is 7.09. The van der Waals surface area contributed by atoms with Gasteiger partial charge in [0.1, 0.15) is 10.7 Å². The zero-order valence-electron chi connectivity index (χ0n) is 12.4. The lowest BCUT2D eigenvalue weighted by molar-refractivity contribution is 0.0723. The molecule has 1 amide bonds. The van der Waals surface area contributed by atoms with Gasteiger partial charge in [0.05, 0.1) is 6.04 Å². The molecule has 7 nitrogen and oxygen atoms in total. The molecule has 0 radical (unpaired) electrons. The van der Waals surface area contributed by atoms with Crippen molar-refractivity contribution in [3.05, 3.63) is 49.2 Å². The minimum absolute atomic E-state index is 0.0772. The van der Waals surface area contributed by atoms with Crippen LogP contribution in [-0.2, 0) is 14.1 Å². The van der Waals surface area contributed by atoms with Crippen LogP contribution in [0.2, 0.25) is 0 Å². The Morgan fingerprint density at radius 3 is 2.77 bits per heavy atom. The van der Waals surface area contributed by atoms with Gasteiger partial charge in [-0.2, -0.15) is 0 Å². The van der Waals surface area contributed by atoms with Gasteiger partial charge in [-0.3, -0.25) is 18.7 Å². The zero-order valence-corrected chi connectivity index (χ0v) is 13.2. The first kappa shape index (κ1) is 14.7. The quantitative estimate of drug-likeness (QED) is 0.808.